The van der Waals surface area contributed by atoms with Gasteiger partial charge in [0.25, 0.3) is 5.91 Å². The average Bonchev–Trinajstić information content (AvgIpc) is 3.11. The van der Waals surface area contributed by atoms with Gasteiger partial charge >= 0.3 is 0 Å². The van der Waals surface area contributed by atoms with E-state index in [0.29, 0.717) is 47.2 Å². The number of aryl methyl sites for hydroxylation is 2. The van der Waals surface area contributed by atoms with Crippen molar-refractivity contribution < 1.29 is 9.21 Å². The monoisotopic (exact) mass is 394 g/mol. The maximum atomic E-state index is 13.4. The van der Waals surface area contributed by atoms with Crippen molar-refractivity contribution in [2.24, 2.45) is 7.05 Å². The molecule has 1 aliphatic carbocycles. The van der Waals surface area contributed by atoms with Gasteiger partial charge in [-0.2, -0.15) is 5.10 Å². The van der Waals surface area contributed by atoms with Crippen molar-refractivity contribution >= 4 is 22.8 Å². The highest BCUT2D eigenvalue weighted by Crippen LogP contribution is 2.40. The van der Waals surface area contributed by atoms with Crippen LogP contribution in [-0.4, -0.2) is 49.2 Å². The zero-order valence-corrected chi connectivity index (χ0v) is 17.1. The molecule has 152 valence electrons. The Morgan fingerprint density at radius 2 is 2.03 bits per heavy atom. The molecule has 3 aromatic rings. The van der Waals surface area contributed by atoms with Gasteiger partial charge in [0.15, 0.2) is 0 Å². The third-order valence-electron chi connectivity index (χ3n) is 6.23. The molecule has 1 aliphatic heterocycles. The quantitative estimate of drug-likeness (QED) is 0.731. The lowest BCUT2D eigenvalue weighted by Gasteiger charge is -2.31. The number of nitrogens with one attached hydrogen (secondary N) is 1. The van der Waals surface area contributed by atoms with Crippen LogP contribution in [0, 0.1) is 6.92 Å². The van der Waals surface area contributed by atoms with Crippen LogP contribution in [-0.2, 0) is 7.05 Å². The van der Waals surface area contributed by atoms with Gasteiger partial charge in [0.05, 0.1) is 16.6 Å². The standard InChI is InChI=1S/C21H26N6O2/c1-13-16(17-18(24-21(2)7-8-21)22-12-23-19(17)29-13)20(28)27-10-4-14(5-11-27)15-6-9-26(3)25-15/h6,9,12,14H,4-5,7-8,10-11H2,1-3H3,(H,22,23,24). The third kappa shape index (κ3) is 3.26. The van der Waals surface area contributed by atoms with Gasteiger partial charge in [-0.25, -0.2) is 9.97 Å². The molecule has 1 saturated carbocycles. The van der Waals surface area contributed by atoms with Crippen LogP contribution in [0.1, 0.15) is 60.3 Å². The highest BCUT2D eigenvalue weighted by atomic mass is 16.3. The lowest BCUT2D eigenvalue weighted by atomic mass is 9.93. The molecule has 2 aliphatic rings. The van der Waals surface area contributed by atoms with Gasteiger partial charge in [-0.3, -0.25) is 9.48 Å². The maximum Gasteiger partial charge on any atom is 0.258 e. The minimum Gasteiger partial charge on any atom is -0.442 e. The molecule has 8 nitrogen and oxygen atoms in total. The number of carbonyl (C=O) groups excluding carboxylic acids is 1. The molecule has 0 spiro atoms. The molecule has 2 fully saturated rings. The number of likely N-dealkylation sites (tertiary alicyclic amines) is 1. The summed E-state index contributed by atoms with van der Waals surface area (Å²) in [5.74, 6) is 1.69. The van der Waals surface area contributed by atoms with Gasteiger partial charge in [-0.05, 0) is 45.6 Å². The van der Waals surface area contributed by atoms with Crippen LogP contribution >= 0.6 is 0 Å². The van der Waals surface area contributed by atoms with E-state index < -0.39 is 0 Å². The molecule has 1 saturated heterocycles. The second-order valence-electron chi connectivity index (χ2n) is 8.60. The smallest absolute Gasteiger partial charge is 0.258 e. The van der Waals surface area contributed by atoms with Crippen molar-refractivity contribution in [3.63, 3.8) is 0 Å². The molecule has 1 amide bonds. The molecule has 0 bridgehead atoms. The number of anilines is 1. The topological polar surface area (TPSA) is 89.1 Å². The van der Waals surface area contributed by atoms with Gasteiger partial charge in [0, 0.05) is 37.8 Å². The van der Waals surface area contributed by atoms with Crippen LogP contribution in [0.5, 0.6) is 0 Å². The van der Waals surface area contributed by atoms with Crippen molar-refractivity contribution in [1.82, 2.24) is 24.6 Å². The van der Waals surface area contributed by atoms with Crippen LogP contribution in [0.2, 0.25) is 0 Å². The molecule has 3 aromatic heterocycles. The summed E-state index contributed by atoms with van der Waals surface area (Å²) >= 11 is 0. The van der Waals surface area contributed by atoms with Crippen LogP contribution in [0.3, 0.4) is 0 Å². The Balaban J connectivity index is 1.40. The van der Waals surface area contributed by atoms with E-state index in [2.05, 4.69) is 33.4 Å². The van der Waals surface area contributed by atoms with Gasteiger partial charge < -0.3 is 14.6 Å². The molecule has 0 unspecified atom stereocenters. The van der Waals surface area contributed by atoms with Gasteiger partial charge in [0.2, 0.25) is 5.71 Å². The van der Waals surface area contributed by atoms with Crippen molar-refractivity contribution in [3.05, 3.63) is 35.6 Å². The summed E-state index contributed by atoms with van der Waals surface area (Å²) < 4.78 is 7.66. The Labute approximate surface area is 169 Å². The number of aromatic nitrogens is 4. The van der Waals surface area contributed by atoms with E-state index in [-0.39, 0.29) is 11.4 Å². The Kier molecular flexibility index (Phi) is 4.11. The molecular weight excluding hydrogens is 368 g/mol. The lowest BCUT2D eigenvalue weighted by Crippen LogP contribution is -2.38. The molecular formula is C21H26N6O2. The van der Waals surface area contributed by atoms with Crippen molar-refractivity contribution in [2.45, 2.75) is 51.0 Å². The summed E-state index contributed by atoms with van der Waals surface area (Å²) in [5, 5.41) is 8.72. The van der Waals surface area contributed by atoms with E-state index in [1.807, 2.05) is 29.7 Å². The number of piperidine rings is 1. The summed E-state index contributed by atoms with van der Waals surface area (Å²) in [6.45, 7) is 5.41. The first-order chi connectivity index (χ1) is 13.9. The number of amides is 1. The van der Waals surface area contributed by atoms with Crippen molar-refractivity contribution in [2.75, 3.05) is 18.4 Å². The van der Waals surface area contributed by atoms with E-state index >= 15 is 0 Å². The molecule has 5 rings (SSSR count). The molecule has 0 atom stereocenters. The van der Waals surface area contributed by atoms with Crippen LogP contribution in [0.4, 0.5) is 5.82 Å². The molecule has 0 radical (unpaired) electrons. The number of carbonyl (C=O) groups is 1. The van der Waals surface area contributed by atoms with Crippen LogP contribution in [0.25, 0.3) is 11.1 Å². The Morgan fingerprint density at radius 1 is 1.28 bits per heavy atom. The highest BCUT2D eigenvalue weighted by molar-refractivity contribution is 6.10. The summed E-state index contributed by atoms with van der Waals surface area (Å²) in [6.07, 6.45) is 7.49. The second-order valence-corrected chi connectivity index (χ2v) is 8.60. The van der Waals surface area contributed by atoms with Crippen molar-refractivity contribution in [3.8, 4) is 0 Å². The van der Waals surface area contributed by atoms with Crippen LogP contribution < -0.4 is 5.32 Å². The fourth-order valence-corrected chi connectivity index (χ4v) is 4.18. The molecule has 8 heteroatoms. The highest BCUT2D eigenvalue weighted by Gasteiger charge is 2.39. The molecule has 4 heterocycles. The molecule has 1 N–H and O–H groups in total. The lowest BCUT2D eigenvalue weighted by molar-refractivity contribution is 0.0712. The number of hydrogen-bond acceptors (Lipinski definition) is 6. The first-order valence-electron chi connectivity index (χ1n) is 10.2. The van der Waals surface area contributed by atoms with E-state index in [0.717, 1.165) is 31.4 Å². The van der Waals surface area contributed by atoms with E-state index in [9.17, 15) is 4.79 Å². The number of fused-ring (bicyclic) bond motifs is 1. The van der Waals surface area contributed by atoms with Gasteiger partial charge in [-0.1, -0.05) is 0 Å². The maximum absolute atomic E-state index is 13.4. The fourth-order valence-electron chi connectivity index (χ4n) is 4.18. The first kappa shape index (κ1) is 18.1. The minimum atomic E-state index is -0.000444. The molecule has 0 aromatic carbocycles. The predicted octanol–water partition coefficient (Wildman–Crippen LogP) is 3.25. The van der Waals surface area contributed by atoms with Gasteiger partial charge in [-0.15, -0.1) is 0 Å². The number of furan rings is 1. The van der Waals surface area contributed by atoms with Crippen LogP contribution in [0.15, 0.2) is 23.0 Å². The number of rotatable bonds is 4. The fraction of sp³-hybridized carbons (Fsp3) is 0.524. The Morgan fingerprint density at radius 3 is 2.69 bits per heavy atom. The summed E-state index contributed by atoms with van der Waals surface area (Å²) in [7, 11) is 1.94. The van der Waals surface area contributed by atoms with Crippen molar-refractivity contribution in [1.29, 1.82) is 0 Å². The average molecular weight is 394 g/mol. The van der Waals surface area contributed by atoms with E-state index in [4.69, 9.17) is 4.42 Å². The second kappa shape index (κ2) is 6.57. The number of hydrogen-bond donors (Lipinski definition) is 1. The normalized spacial score (nSPS) is 18.9. The molecule has 29 heavy (non-hydrogen) atoms. The summed E-state index contributed by atoms with van der Waals surface area (Å²) in [4.78, 5) is 24.0. The number of nitrogens with zero attached hydrogens (tertiary/aromatic N) is 5. The Hall–Kier alpha value is -2.90. The predicted molar refractivity (Wildman–Crippen MR) is 109 cm³/mol. The summed E-state index contributed by atoms with van der Waals surface area (Å²) in [6, 6.07) is 2.07. The summed E-state index contributed by atoms with van der Waals surface area (Å²) in [5.41, 5.74) is 2.22. The van der Waals surface area contributed by atoms with Gasteiger partial charge in [0.1, 0.15) is 17.9 Å². The largest absolute Gasteiger partial charge is 0.442 e. The zero-order chi connectivity index (χ0) is 20.2. The van der Waals surface area contributed by atoms with E-state index in [1.165, 1.54) is 6.33 Å². The Bertz CT molecular complexity index is 1070. The third-order valence-corrected chi connectivity index (χ3v) is 6.23. The zero-order valence-electron chi connectivity index (χ0n) is 17.1. The van der Waals surface area contributed by atoms with E-state index in [1.54, 1.807) is 0 Å². The minimum absolute atomic E-state index is 0.000444. The SMILES string of the molecule is Cc1oc2ncnc(NC3(C)CC3)c2c1C(=O)N1CCC(c2ccn(C)n2)CC1. The first-order valence-corrected chi connectivity index (χ1v) is 10.2.